The van der Waals surface area contributed by atoms with Crippen molar-refractivity contribution in [3.8, 4) is 0 Å². The summed E-state index contributed by atoms with van der Waals surface area (Å²) in [5.74, 6) is 0.344. The summed E-state index contributed by atoms with van der Waals surface area (Å²) in [4.78, 5) is 33.5. The van der Waals surface area contributed by atoms with Gasteiger partial charge in [-0.05, 0) is 38.9 Å². The van der Waals surface area contributed by atoms with Crippen LogP contribution in [-0.4, -0.2) is 78.9 Å². The lowest BCUT2D eigenvalue weighted by molar-refractivity contribution is -0.130. The van der Waals surface area contributed by atoms with Crippen LogP contribution >= 0.6 is 11.3 Å². The second-order valence-corrected chi connectivity index (χ2v) is 8.46. The molecule has 0 aromatic carbocycles. The highest BCUT2D eigenvalue weighted by Crippen LogP contribution is 2.33. The number of likely N-dealkylation sites (N-methyl/N-ethyl adjacent to an activating group) is 1. The van der Waals surface area contributed by atoms with Crippen molar-refractivity contribution in [3.63, 3.8) is 0 Å². The van der Waals surface area contributed by atoms with Crippen molar-refractivity contribution in [2.24, 2.45) is 0 Å². The smallest absolute Gasteiger partial charge is 0.264 e. The zero-order valence-corrected chi connectivity index (χ0v) is 16.8. The number of methoxy groups -OCH3 is 1. The van der Waals surface area contributed by atoms with Gasteiger partial charge in [-0.1, -0.05) is 0 Å². The molecule has 2 amide bonds. The van der Waals surface area contributed by atoms with E-state index < -0.39 is 0 Å². The summed E-state index contributed by atoms with van der Waals surface area (Å²) in [6.45, 7) is 6.40. The van der Waals surface area contributed by atoms with E-state index in [-0.39, 0.29) is 17.4 Å². The van der Waals surface area contributed by atoms with Crippen LogP contribution < -0.4 is 0 Å². The predicted molar refractivity (Wildman–Crippen MR) is 102 cm³/mol. The first kappa shape index (κ1) is 19.3. The summed E-state index contributed by atoms with van der Waals surface area (Å²) in [5.41, 5.74) is -0.0971. The van der Waals surface area contributed by atoms with Crippen molar-refractivity contribution in [3.05, 3.63) is 21.9 Å². The van der Waals surface area contributed by atoms with Crippen LogP contribution in [0.5, 0.6) is 0 Å². The number of piperazine rings is 1. The molecule has 7 heteroatoms. The zero-order valence-electron chi connectivity index (χ0n) is 16.0. The minimum absolute atomic E-state index is 0.0971. The van der Waals surface area contributed by atoms with Crippen LogP contribution in [0, 0.1) is 0 Å². The van der Waals surface area contributed by atoms with Gasteiger partial charge in [-0.15, -0.1) is 11.3 Å². The molecule has 0 unspecified atom stereocenters. The second kappa shape index (κ2) is 8.06. The van der Waals surface area contributed by atoms with Gasteiger partial charge in [0.2, 0.25) is 5.91 Å². The molecule has 0 aliphatic carbocycles. The molecule has 0 radical (unpaired) electrons. The van der Waals surface area contributed by atoms with Gasteiger partial charge in [0, 0.05) is 56.7 Å². The fourth-order valence-electron chi connectivity index (χ4n) is 4.07. The van der Waals surface area contributed by atoms with Gasteiger partial charge in [0.1, 0.15) is 0 Å². The van der Waals surface area contributed by atoms with Gasteiger partial charge in [0.05, 0.1) is 11.5 Å². The molecular formula is C19H29N3O3S. The van der Waals surface area contributed by atoms with E-state index in [1.54, 1.807) is 7.11 Å². The van der Waals surface area contributed by atoms with E-state index in [9.17, 15) is 9.59 Å². The van der Waals surface area contributed by atoms with Crippen LogP contribution in [0.3, 0.4) is 0 Å². The van der Waals surface area contributed by atoms with Crippen molar-refractivity contribution in [1.82, 2.24) is 14.7 Å². The molecule has 2 aliphatic rings. The number of hydrogen-bond acceptors (Lipinski definition) is 5. The maximum atomic E-state index is 13.0. The highest BCUT2D eigenvalue weighted by atomic mass is 32.1. The van der Waals surface area contributed by atoms with Crippen LogP contribution in [0.4, 0.5) is 0 Å². The molecule has 2 fully saturated rings. The number of carbonyl (C=O) groups is 2. The predicted octanol–water partition coefficient (Wildman–Crippen LogP) is 2.05. The number of rotatable bonds is 4. The van der Waals surface area contributed by atoms with Gasteiger partial charge in [-0.2, -0.15) is 0 Å². The van der Waals surface area contributed by atoms with Gasteiger partial charge in [-0.25, -0.2) is 0 Å². The number of hydrogen-bond donors (Lipinski definition) is 0. The molecule has 2 saturated heterocycles. The van der Waals surface area contributed by atoms with E-state index >= 15 is 0 Å². The summed E-state index contributed by atoms with van der Waals surface area (Å²) in [6.07, 6.45) is 2.31. The van der Waals surface area contributed by atoms with Crippen LogP contribution in [0.2, 0.25) is 0 Å². The van der Waals surface area contributed by atoms with Gasteiger partial charge in [-0.3, -0.25) is 14.5 Å². The summed E-state index contributed by atoms with van der Waals surface area (Å²) < 4.78 is 5.16. The molecule has 1 aromatic rings. The average Bonchev–Trinajstić information content (AvgIpc) is 3.04. The van der Waals surface area contributed by atoms with E-state index in [0.29, 0.717) is 19.6 Å². The molecule has 144 valence electrons. The summed E-state index contributed by atoms with van der Waals surface area (Å²) in [6, 6.07) is 3.87. The van der Waals surface area contributed by atoms with E-state index in [4.69, 9.17) is 4.74 Å². The third kappa shape index (κ3) is 3.80. The number of ether oxygens (including phenoxy) is 1. The SMILES string of the molecule is CCN1CC[C@]2(CCC1=O)CN(C(=O)c1ccc(COC)s1)CCN2C. The Hall–Kier alpha value is -1.44. The molecule has 3 heterocycles. The third-order valence-electron chi connectivity index (χ3n) is 5.83. The molecule has 1 atom stereocenters. The quantitative estimate of drug-likeness (QED) is 0.804. The fourth-order valence-corrected chi connectivity index (χ4v) is 5.02. The van der Waals surface area contributed by atoms with Gasteiger partial charge >= 0.3 is 0 Å². The normalized spacial score (nSPS) is 25.0. The second-order valence-electron chi connectivity index (χ2n) is 7.29. The van der Waals surface area contributed by atoms with Crippen molar-refractivity contribution < 1.29 is 14.3 Å². The highest BCUT2D eigenvalue weighted by molar-refractivity contribution is 7.14. The molecule has 3 rings (SSSR count). The summed E-state index contributed by atoms with van der Waals surface area (Å²) >= 11 is 1.51. The van der Waals surface area contributed by atoms with Gasteiger partial charge in [0.25, 0.3) is 5.91 Å². The molecule has 0 bridgehead atoms. The Morgan fingerprint density at radius 3 is 2.81 bits per heavy atom. The molecule has 1 spiro atoms. The van der Waals surface area contributed by atoms with Crippen molar-refractivity contribution in [2.75, 3.05) is 46.9 Å². The third-order valence-corrected chi connectivity index (χ3v) is 6.88. The molecule has 0 saturated carbocycles. The number of thiophene rings is 1. The van der Waals surface area contributed by atoms with Crippen LogP contribution in [-0.2, 0) is 16.1 Å². The molecular weight excluding hydrogens is 350 g/mol. The lowest BCUT2D eigenvalue weighted by Crippen LogP contribution is -2.62. The first-order valence-corrected chi connectivity index (χ1v) is 10.2. The molecule has 1 aromatic heterocycles. The van der Waals surface area contributed by atoms with E-state index in [0.717, 1.165) is 48.8 Å². The Morgan fingerprint density at radius 2 is 2.08 bits per heavy atom. The lowest BCUT2D eigenvalue weighted by atomic mass is 9.86. The number of nitrogens with zero attached hydrogens (tertiary/aromatic N) is 3. The Kier molecular flexibility index (Phi) is 5.99. The molecule has 6 nitrogen and oxygen atoms in total. The maximum Gasteiger partial charge on any atom is 0.264 e. The van der Waals surface area contributed by atoms with Crippen molar-refractivity contribution in [1.29, 1.82) is 0 Å². The Balaban J connectivity index is 1.74. The summed E-state index contributed by atoms with van der Waals surface area (Å²) in [5, 5.41) is 0. The highest BCUT2D eigenvalue weighted by Gasteiger charge is 2.43. The average molecular weight is 380 g/mol. The standard InChI is InChI=1S/C19H29N3O3S/c1-4-21-10-9-19(8-7-17(21)23)14-22(12-11-20(19)2)18(24)16-6-5-15(26-16)13-25-3/h5-6H,4,7-14H2,1-3H3/t19-/m1/s1. The number of amides is 2. The van der Waals surface area contributed by atoms with Crippen molar-refractivity contribution in [2.45, 2.75) is 38.3 Å². The topological polar surface area (TPSA) is 53.1 Å². The van der Waals surface area contributed by atoms with E-state index in [1.807, 2.05) is 28.9 Å². The zero-order chi connectivity index (χ0) is 18.7. The van der Waals surface area contributed by atoms with Crippen LogP contribution in [0.1, 0.15) is 40.7 Å². The van der Waals surface area contributed by atoms with E-state index in [2.05, 4.69) is 11.9 Å². The first-order valence-electron chi connectivity index (χ1n) is 9.35. The number of carbonyl (C=O) groups excluding carboxylic acids is 2. The number of likely N-dealkylation sites (tertiary alicyclic amines) is 1. The monoisotopic (exact) mass is 379 g/mol. The van der Waals surface area contributed by atoms with Crippen molar-refractivity contribution >= 4 is 23.2 Å². The van der Waals surface area contributed by atoms with Gasteiger partial charge in [0.15, 0.2) is 0 Å². The van der Waals surface area contributed by atoms with Crippen LogP contribution in [0.25, 0.3) is 0 Å². The summed E-state index contributed by atoms with van der Waals surface area (Å²) in [7, 11) is 3.80. The Labute approximate surface area is 159 Å². The minimum Gasteiger partial charge on any atom is -0.379 e. The Bertz CT molecular complexity index is 662. The Morgan fingerprint density at radius 1 is 1.27 bits per heavy atom. The van der Waals surface area contributed by atoms with Gasteiger partial charge < -0.3 is 14.5 Å². The largest absolute Gasteiger partial charge is 0.379 e. The lowest BCUT2D eigenvalue weighted by Gasteiger charge is -2.49. The first-order chi connectivity index (χ1) is 12.5. The minimum atomic E-state index is -0.0971. The van der Waals surface area contributed by atoms with E-state index in [1.165, 1.54) is 11.3 Å². The molecule has 26 heavy (non-hydrogen) atoms. The molecule has 2 aliphatic heterocycles. The fraction of sp³-hybridized carbons (Fsp3) is 0.684. The molecule has 0 N–H and O–H groups in total. The maximum absolute atomic E-state index is 13.0. The van der Waals surface area contributed by atoms with Crippen LogP contribution in [0.15, 0.2) is 12.1 Å².